The maximum atomic E-state index is 12.0. The van der Waals surface area contributed by atoms with E-state index in [2.05, 4.69) is 15.5 Å². The minimum Gasteiger partial charge on any atom is -0.348 e. The van der Waals surface area contributed by atoms with Gasteiger partial charge in [-0.15, -0.1) is 0 Å². The van der Waals surface area contributed by atoms with E-state index >= 15 is 0 Å². The van der Waals surface area contributed by atoms with Gasteiger partial charge in [0.25, 0.3) is 0 Å². The molecule has 0 bridgehead atoms. The molecule has 0 aliphatic heterocycles. The van der Waals surface area contributed by atoms with Crippen molar-refractivity contribution in [3.05, 3.63) is 24.2 Å². The molecular weight excluding hydrogens is 277 g/mol. The fraction of sp³-hybridized carbons (Fsp3) is 0.364. The monoisotopic (exact) mass is 288 g/mol. The zero-order chi connectivity index (χ0) is 14.8. The molecule has 0 unspecified atom stereocenters. The summed E-state index contributed by atoms with van der Waals surface area (Å²) in [4.78, 5) is 15.0. The highest BCUT2D eigenvalue weighted by Gasteiger charge is 2.31. The molecule has 9 heteroatoms. The molecule has 0 fully saturated rings. The lowest BCUT2D eigenvalue weighted by Crippen LogP contribution is -2.28. The predicted octanol–water partition coefficient (Wildman–Crippen LogP) is 1.64. The van der Waals surface area contributed by atoms with Crippen LogP contribution in [-0.4, -0.2) is 26.8 Å². The molecule has 2 aromatic heterocycles. The largest absolute Gasteiger partial charge is 0.397 e. The molecule has 20 heavy (non-hydrogen) atoms. The molecule has 2 aromatic rings. The SMILES string of the molecule is Cn1cccc1-c1noc(CNC(=O)CC(F)(F)F)n1. The fourth-order valence-electron chi connectivity index (χ4n) is 1.54. The molecule has 0 radical (unpaired) electrons. The van der Waals surface area contributed by atoms with E-state index in [-0.39, 0.29) is 12.4 Å². The molecule has 0 saturated carbocycles. The van der Waals surface area contributed by atoms with Crippen LogP contribution < -0.4 is 5.32 Å². The second-order valence-electron chi connectivity index (χ2n) is 4.08. The highest BCUT2D eigenvalue weighted by Crippen LogP contribution is 2.19. The maximum absolute atomic E-state index is 12.0. The molecule has 108 valence electrons. The summed E-state index contributed by atoms with van der Waals surface area (Å²) in [7, 11) is 1.79. The Morgan fingerprint density at radius 3 is 2.85 bits per heavy atom. The second kappa shape index (κ2) is 5.35. The van der Waals surface area contributed by atoms with E-state index in [1.165, 1.54) is 0 Å². The van der Waals surface area contributed by atoms with Crippen LogP contribution in [0.4, 0.5) is 13.2 Å². The smallest absolute Gasteiger partial charge is 0.348 e. The number of amides is 1. The summed E-state index contributed by atoms with van der Waals surface area (Å²) in [6.07, 6.45) is -4.28. The molecule has 2 rings (SSSR count). The number of halogens is 3. The van der Waals surface area contributed by atoms with Crippen LogP contribution in [-0.2, 0) is 18.4 Å². The molecule has 0 saturated heterocycles. The Bertz CT molecular complexity index is 603. The Hall–Kier alpha value is -2.32. The van der Waals surface area contributed by atoms with Crippen LogP contribution in [0.3, 0.4) is 0 Å². The first-order valence-corrected chi connectivity index (χ1v) is 5.63. The molecule has 6 nitrogen and oxygen atoms in total. The molecule has 0 aromatic carbocycles. The Morgan fingerprint density at radius 1 is 1.50 bits per heavy atom. The maximum Gasteiger partial charge on any atom is 0.397 e. The summed E-state index contributed by atoms with van der Waals surface area (Å²) in [6, 6.07) is 3.55. The van der Waals surface area contributed by atoms with Gasteiger partial charge in [-0.25, -0.2) is 0 Å². The number of carbonyl (C=O) groups is 1. The average molecular weight is 288 g/mol. The number of nitrogens with one attached hydrogen (secondary N) is 1. The van der Waals surface area contributed by atoms with Crippen LogP contribution in [0.1, 0.15) is 12.3 Å². The van der Waals surface area contributed by atoms with Gasteiger partial charge < -0.3 is 14.4 Å². The Balaban J connectivity index is 1.94. The number of alkyl halides is 3. The van der Waals surface area contributed by atoms with Crippen molar-refractivity contribution in [1.29, 1.82) is 0 Å². The lowest BCUT2D eigenvalue weighted by molar-refractivity contribution is -0.153. The lowest BCUT2D eigenvalue weighted by Gasteiger charge is -2.05. The molecule has 1 amide bonds. The van der Waals surface area contributed by atoms with Gasteiger partial charge in [0.15, 0.2) is 0 Å². The summed E-state index contributed by atoms with van der Waals surface area (Å²) in [5.74, 6) is -0.801. The van der Waals surface area contributed by atoms with Gasteiger partial charge in [-0.2, -0.15) is 18.2 Å². The van der Waals surface area contributed by atoms with Crippen molar-refractivity contribution >= 4 is 5.91 Å². The van der Waals surface area contributed by atoms with Gasteiger partial charge in [0.05, 0.1) is 12.2 Å². The zero-order valence-corrected chi connectivity index (χ0v) is 10.4. The molecule has 0 aliphatic rings. The number of carbonyl (C=O) groups excluding carboxylic acids is 1. The Morgan fingerprint density at radius 2 is 2.25 bits per heavy atom. The minimum absolute atomic E-state index is 0.0386. The third-order valence-electron chi connectivity index (χ3n) is 2.44. The summed E-state index contributed by atoms with van der Waals surface area (Å²) in [5.41, 5.74) is 0.696. The minimum atomic E-state index is -4.53. The molecule has 0 spiro atoms. The van der Waals surface area contributed by atoms with E-state index in [0.717, 1.165) is 0 Å². The Labute approximate surface area is 111 Å². The first kappa shape index (κ1) is 14.1. The second-order valence-corrected chi connectivity index (χ2v) is 4.08. The lowest BCUT2D eigenvalue weighted by atomic mass is 10.4. The van der Waals surface area contributed by atoms with E-state index in [9.17, 15) is 18.0 Å². The zero-order valence-electron chi connectivity index (χ0n) is 10.4. The van der Waals surface area contributed by atoms with Gasteiger partial charge in [0, 0.05) is 13.2 Å². The third kappa shape index (κ3) is 3.59. The summed E-state index contributed by atoms with van der Waals surface area (Å²) >= 11 is 0. The quantitative estimate of drug-likeness (QED) is 0.928. The number of rotatable bonds is 4. The number of hydrogen-bond acceptors (Lipinski definition) is 4. The number of aryl methyl sites for hydroxylation is 1. The van der Waals surface area contributed by atoms with Crippen LogP contribution >= 0.6 is 0 Å². The summed E-state index contributed by atoms with van der Waals surface area (Å²) < 4.78 is 42.5. The van der Waals surface area contributed by atoms with Crippen molar-refractivity contribution in [2.24, 2.45) is 7.05 Å². The summed E-state index contributed by atoms with van der Waals surface area (Å²) in [5, 5.41) is 5.76. The van der Waals surface area contributed by atoms with Crippen LogP contribution in [0.25, 0.3) is 11.5 Å². The third-order valence-corrected chi connectivity index (χ3v) is 2.44. The molecule has 0 aliphatic carbocycles. The first-order valence-electron chi connectivity index (χ1n) is 5.63. The highest BCUT2D eigenvalue weighted by molar-refractivity contribution is 5.76. The molecule has 0 atom stereocenters. The van der Waals surface area contributed by atoms with Gasteiger partial charge in [-0.1, -0.05) is 5.16 Å². The van der Waals surface area contributed by atoms with Crippen molar-refractivity contribution < 1.29 is 22.5 Å². The van der Waals surface area contributed by atoms with Gasteiger partial charge in [0.1, 0.15) is 6.42 Å². The fourth-order valence-corrected chi connectivity index (χ4v) is 1.54. The summed E-state index contributed by atoms with van der Waals surface area (Å²) in [6.45, 7) is -0.244. The van der Waals surface area contributed by atoms with Crippen molar-refractivity contribution in [2.45, 2.75) is 19.1 Å². The number of hydrogen-bond donors (Lipinski definition) is 1. The first-order chi connectivity index (χ1) is 9.35. The molecule has 2 heterocycles. The highest BCUT2D eigenvalue weighted by atomic mass is 19.4. The Kier molecular flexibility index (Phi) is 3.77. The van der Waals surface area contributed by atoms with Crippen LogP contribution in [0.15, 0.2) is 22.9 Å². The van der Waals surface area contributed by atoms with Gasteiger partial charge in [0.2, 0.25) is 17.6 Å². The van der Waals surface area contributed by atoms with Crippen molar-refractivity contribution in [3.63, 3.8) is 0 Å². The average Bonchev–Trinajstić information content (AvgIpc) is 2.92. The predicted molar refractivity (Wildman–Crippen MR) is 61.2 cm³/mol. The van der Waals surface area contributed by atoms with Crippen LogP contribution in [0, 0.1) is 0 Å². The topological polar surface area (TPSA) is 73.0 Å². The van der Waals surface area contributed by atoms with Crippen molar-refractivity contribution in [1.82, 2.24) is 20.0 Å². The van der Waals surface area contributed by atoms with Gasteiger partial charge >= 0.3 is 6.18 Å². The van der Waals surface area contributed by atoms with Crippen LogP contribution in [0.2, 0.25) is 0 Å². The van der Waals surface area contributed by atoms with Crippen molar-refractivity contribution in [3.8, 4) is 11.5 Å². The van der Waals surface area contributed by atoms with Gasteiger partial charge in [-0.3, -0.25) is 4.79 Å². The van der Waals surface area contributed by atoms with Crippen molar-refractivity contribution in [2.75, 3.05) is 0 Å². The number of aromatic nitrogens is 3. The van der Waals surface area contributed by atoms with E-state index in [0.29, 0.717) is 11.5 Å². The van der Waals surface area contributed by atoms with E-state index < -0.39 is 18.5 Å². The van der Waals surface area contributed by atoms with E-state index in [1.54, 1.807) is 29.9 Å². The molecular formula is C11H11F3N4O2. The van der Waals surface area contributed by atoms with Crippen LogP contribution in [0.5, 0.6) is 0 Å². The van der Waals surface area contributed by atoms with Gasteiger partial charge in [-0.05, 0) is 12.1 Å². The number of nitrogens with zero attached hydrogens (tertiary/aromatic N) is 3. The van der Waals surface area contributed by atoms with E-state index in [1.807, 2.05) is 0 Å². The standard InChI is InChI=1S/C11H11F3N4O2/c1-18-4-2-3-7(18)10-16-9(20-17-10)6-15-8(19)5-11(12,13)14/h2-4H,5-6H2,1H3,(H,15,19). The normalized spacial score (nSPS) is 11.6. The molecule has 1 N–H and O–H groups in total. The van der Waals surface area contributed by atoms with E-state index in [4.69, 9.17) is 4.52 Å².